The molecule has 7 heteroatoms. The summed E-state index contributed by atoms with van der Waals surface area (Å²) in [6.45, 7) is 1.69. The molecule has 0 spiro atoms. The summed E-state index contributed by atoms with van der Waals surface area (Å²) in [4.78, 5) is 37.1. The summed E-state index contributed by atoms with van der Waals surface area (Å²) in [5, 5.41) is 21.6. The molecule has 0 aliphatic heterocycles. The van der Waals surface area contributed by atoms with Crippen LogP contribution in [0.4, 0.5) is 0 Å². The molecule has 3 aromatic carbocycles. The van der Waals surface area contributed by atoms with Gasteiger partial charge in [0.1, 0.15) is 22.6 Å². The number of hydrogen-bond acceptors (Lipinski definition) is 7. The highest BCUT2D eigenvalue weighted by Gasteiger charge is 2.24. The number of rotatable bonds is 8. The van der Waals surface area contributed by atoms with E-state index < -0.39 is 28.9 Å². The molecule has 0 fully saturated rings. The van der Waals surface area contributed by atoms with Crippen LogP contribution in [0.25, 0.3) is 28.2 Å². The van der Waals surface area contributed by atoms with E-state index in [0.717, 1.165) is 11.6 Å². The van der Waals surface area contributed by atoms with Crippen LogP contribution in [0.2, 0.25) is 0 Å². The van der Waals surface area contributed by atoms with Gasteiger partial charge in [0.05, 0.1) is 12.0 Å². The third kappa shape index (κ3) is 5.52. The highest BCUT2D eigenvalue weighted by Crippen LogP contribution is 2.41. The number of aromatic hydroxyl groups is 2. The fourth-order valence-corrected chi connectivity index (χ4v) is 3.90. The van der Waals surface area contributed by atoms with Crippen molar-refractivity contribution in [3.05, 3.63) is 100 Å². The standard InChI is InChI=1S/C29H24O7/c1-18(17-35-25(32)13-12-19-8-4-2-5-9-19)14-22(30)28-23(31)16-24-27(29(28)34)21(15-26(33)36-24)20-10-6-3-7-11-20/h2-13,15-16,18,31,34H,14,17H2,1H3/b13-12+. The molecule has 0 bridgehead atoms. The lowest BCUT2D eigenvalue weighted by molar-refractivity contribution is -0.138. The normalized spacial score (nSPS) is 12.0. The Labute approximate surface area is 206 Å². The van der Waals surface area contributed by atoms with Gasteiger partial charge in [-0.2, -0.15) is 0 Å². The van der Waals surface area contributed by atoms with Crippen molar-refractivity contribution in [2.24, 2.45) is 5.92 Å². The molecule has 182 valence electrons. The highest BCUT2D eigenvalue weighted by atomic mass is 16.5. The van der Waals surface area contributed by atoms with E-state index in [1.807, 2.05) is 36.4 Å². The Hall–Kier alpha value is -4.65. The molecule has 4 rings (SSSR count). The number of ketones is 1. The number of hydrogen-bond donors (Lipinski definition) is 2. The molecule has 4 aromatic rings. The predicted molar refractivity (Wildman–Crippen MR) is 136 cm³/mol. The van der Waals surface area contributed by atoms with Crippen LogP contribution in [-0.4, -0.2) is 28.6 Å². The molecule has 1 aromatic heterocycles. The van der Waals surface area contributed by atoms with Crippen LogP contribution in [-0.2, 0) is 9.53 Å². The van der Waals surface area contributed by atoms with Gasteiger partial charge in [0.2, 0.25) is 0 Å². The molecule has 1 heterocycles. The summed E-state index contributed by atoms with van der Waals surface area (Å²) in [7, 11) is 0. The number of esters is 1. The minimum absolute atomic E-state index is 0.0249. The monoisotopic (exact) mass is 484 g/mol. The first-order valence-electron chi connectivity index (χ1n) is 11.3. The molecule has 0 aliphatic rings. The Morgan fingerprint density at radius 1 is 1.00 bits per heavy atom. The number of Topliss-reactive ketones (excluding diaryl/α,β-unsaturated/α-hetero) is 1. The highest BCUT2D eigenvalue weighted by molar-refractivity contribution is 6.09. The lowest BCUT2D eigenvalue weighted by atomic mass is 9.94. The van der Waals surface area contributed by atoms with E-state index >= 15 is 0 Å². The van der Waals surface area contributed by atoms with Gasteiger partial charge in [-0.05, 0) is 23.1 Å². The molecule has 0 amide bonds. The van der Waals surface area contributed by atoms with Crippen molar-refractivity contribution in [3.8, 4) is 22.6 Å². The second-order valence-corrected chi connectivity index (χ2v) is 8.44. The van der Waals surface area contributed by atoms with Crippen molar-refractivity contribution in [2.75, 3.05) is 6.61 Å². The number of phenols is 2. The Balaban J connectivity index is 1.53. The number of fused-ring (bicyclic) bond motifs is 1. The molecule has 0 aliphatic carbocycles. The average molecular weight is 485 g/mol. The van der Waals surface area contributed by atoms with E-state index in [2.05, 4.69) is 0 Å². The summed E-state index contributed by atoms with van der Waals surface area (Å²) < 4.78 is 10.4. The van der Waals surface area contributed by atoms with Crippen LogP contribution >= 0.6 is 0 Å². The molecule has 1 atom stereocenters. The number of carbonyl (C=O) groups is 2. The Morgan fingerprint density at radius 3 is 2.36 bits per heavy atom. The summed E-state index contributed by atoms with van der Waals surface area (Å²) in [5.41, 5.74) is 0.886. The fraction of sp³-hybridized carbons (Fsp3) is 0.138. The van der Waals surface area contributed by atoms with E-state index in [9.17, 15) is 24.6 Å². The maximum Gasteiger partial charge on any atom is 0.336 e. The van der Waals surface area contributed by atoms with E-state index in [-0.39, 0.29) is 35.5 Å². The minimum Gasteiger partial charge on any atom is -0.507 e. The summed E-state index contributed by atoms with van der Waals surface area (Å²) in [6, 6.07) is 20.5. The minimum atomic E-state index is -0.656. The summed E-state index contributed by atoms with van der Waals surface area (Å²) in [5.74, 6) is -2.46. The van der Waals surface area contributed by atoms with Crippen molar-refractivity contribution in [3.63, 3.8) is 0 Å². The molecule has 0 saturated carbocycles. The third-order valence-corrected chi connectivity index (χ3v) is 5.61. The second-order valence-electron chi connectivity index (χ2n) is 8.44. The molecule has 1 unspecified atom stereocenters. The van der Waals surface area contributed by atoms with Crippen molar-refractivity contribution < 1.29 is 29.0 Å². The average Bonchev–Trinajstić information content (AvgIpc) is 2.86. The smallest absolute Gasteiger partial charge is 0.336 e. The second kappa shape index (κ2) is 10.7. The third-order valence-electron chi connectivity index (χ3n) is 5.61. The number of carbonyl (C=O) groups excluding carboxylic acids is 2. The van der Waals surface area contributed by atoms with Gasteiger partial charge in [-0.25, -0.2) is 9.59 Å². The first-order chi connectivity index (χ1) is 17.3. The molecule has 0 saturated heterocycles. The van der Waals surface area contributed by atoms with E-state index in [0.29, 0.717) is 11.1 Å². The zero-order chi connectivity index (χ0) is 25.7. The number of ether oxygens (including phenoxy) is 1. The van der Waals surface area contributed by atoms with Gasteiger partial charge in [0, 0.05) is 30.2 Å². The SMILES string of the molecule is CC(COC(=O)/C=C/c1ccccc1)CC(=O)c1c(O)cc2oc(=O)cc(-c3ccccc3)c2c1O. The first kappa shape index (κ1) is 24.5. The summed E-state index contributed by atoms with van der Waals surface area (Å²) >= 11 is 0. The van der Waals surface area contributed by atoms with Crippen molar-refractivity contribution in [2.45, 2.75) is 13.3 Å². The fourth-order valence-electron chi connectivity index (χ4n) is 3.90. The van der Waals surface area contributed by atoms with Crippen LogP contribution in [0.1, 0.15) is 29.3 Å². The van der Waals surface area contributed by atoms with Gasteiger partial charge in [-0.1, -0.05) is 67.6 Å². The maximum atomic E-state index is 13.0. The molecule has 36 heavy (non-hydrogen) atoms. The van der Waals surface area contributed by atoms with Gasteiger partial charge >= 0.3 is 11.6 Å². The Kier molecular flexibility index (Phi) is 7.30. The lowest BCUT2D eigenvalue weighted by Gasteiger charge is -2.14. The van der Waals surface area contributed by atoms with Crippen molar-refractivity contribution in [1.29, 1.82) is 0 Å². The van der Waals surface area contributed by atoms with Gasteiger partial charge in [-0.3, -0.25) is 4.79 Å². The lowest BCUT2D eigenvalue weighted by Crippen LogP contribution is -2.14. The zero-order valence-electron chi connectivity index (χ0n) is 19.5. The zero-order valence-corrected chi connectivity index (χ0v) is 19.5. The Bertz CT molecular complexity index is 1490. The van der Waals surface area contributed by atoms with Crippen LogP contribution in [0, 0.1) is 5.92 Å². The van der Waals surface area contributed by atoms with Gasteiger partial charge in [-0.15, -0.1) is 0 Å². The molecular weight excluding hydrogens is 460 g/mol. The summed E-state index contributed by atoms with van der Waals surface area (Å²) in [6.07, 6.45) is 2.84. The van der Waals surface area contributed by atoms with Gasteiger partial charge in [0.25, 0.3) is 0 Å². The van der Waals surface area contributed by atoms with Gasteiger partial charge < -0.3 is 19.4 Å². The molecule has 0 radical (unpaired) electrons. The van der Waals surface area contributed by atoms with Gasteiger partial charge in [0.15, 0.2) is 5.78 Å². The predicted octanol–water partition coefficient (Wildman–Crippen LogP) is 5.34. The van der Waals surface area contributed by atoms with Crippen molar-refractivity contribution in [1.82, 2.24) is 0 Å². The quantitative estimate of drug-likeness (QED) is 0.150. The van der Waals surface area contributed by atoms with E-state index in [1.165, 1.54) is 12.1 Å². The van der Waals surface area contributed by atoms with E-state index in [1.54, 1.807) is 37.3 Å². The molecular formula is C29H24O7. The Morgan fingerprint density at radius 2 is 1.67 bits per heavy atom. The topological polar surface area (TPSA) is 114 Å². The van der Waals surface area contributed by atoms with Crippen LogP contribution < -0.4 is 5.63 Å². The van der Waals surface area contributed by atoms with Crippen molar-refractivity contribution >= 4 is 28.8 Å². The van der Waals surface area contributed by atoms with Crippen LogP contribution in [0.3, 0.4) is 0 Å². The number of phenolic OH excluding ortho intramolecular Hbond substituents is 2. The van der Waals surface area contributed by atoms with E-state index in [4.69, 9.17) is 9.15 Å². The molecule has 2 N–H and O–H groups in total. The first-order valence-corrected chi connectivity index (χ1v) is 11.3. The van der Waals surface area contributed by atoms with Crippen LogP contribution in [0.5, 0.6) is 11.5 Å². The number of benzene rings is 3. The molecule has 7 nitrogen and oxygen atoms in total. The maximum absolute atomic E-state index is 13.0. The largest absolute Gasteiger partial charge is 0.507 e. The van der Waals surface area contributed by atoms with Crippen LogP contribution in [0.15, 0.2) is 88.1 Å².